The molecule has 0 amide bonds. The maximum Gasteiger partial charge on any atom is 0.324 e. The molecule has 0 bridgehead atoms. The van der Waals surface area contributed by atoms with E-state index in [1.54, 1.807) is 26.0 Å². The van der Waals surface area contributed by atoms with Crippen molar-refractivity contribution in [1.82, 2.24) is 4.72 Å². The van der Waals surface area contributed by atoms with E-state index in [1.165, 1.54) is 6.07 Å². The molecule has 6 heteroatoms. The molecule has 1 atom stereocenters. The van der Waals surface area contributed by atoms with Crippen LogP contribution in [0.5, 0.6) is 0 Å². The fourth-order valence-electron chi connectivity index (χ4n) is 2.39. The molecule has 26 heavy (non-hydrogen) atoms. The van der Waals surface area contributed by atoms with Crippen molar-refractivity contribution >= 4 is 16.0 Å². The predicted octanol–water partition coefficient (Wildman–Crippen LogP) is 3.35. The van der Waals surface area contributed by atoms with Crippen molar-refractivity contribution in [1.29, 1.82) is 0 Å². The zero-order valence-corrected chi connectivity index (χ0v) is 16.3. The normalized spacial score (nSPS) is 12.8. The molecule has 0 fully saturated rings. The Morgan fingerprint density at radius 3 is 2.27 bits per heavy atom. The molecule has 1 N–H and O–H groups in total. The van der Waals surface area contributed by atoms with E-state index >= 15 is 0 Å². The third-order valence-corrected chi connectivity index (χ3v) is 5.65. The Kier molecular flexibility index (Phi) is 6.56. The Morgan fingerprint density at radius 1 is 1.04 bits per heavy atom. The van der Waals surface area contributed by atoms with E-state index in [0.29, 0.717) is 0 Å². The van der Waals surface area contributed by atoms with Gasteiger partial charge >= 0.3 is 5.97 Å². The first kappa shape index (κ1) is 20.1. The minimum atomic E-state index is -3.82. The van der Waals surface area contributed by atoms with Crippen LogP contribution in [-0.2, 0) is 26.2 Å². The van der Waals surface area contributed by atoms with E-state index in [0.717, 1.165) is 16.7 Å². The summed E-state index contributed by atoms with van der Waals surface area (Å²) in [5.41, 5.74) is 2.73. The van der Waals surface area contributed by atoms with Crippen LogP contribution in [0.15, 0.2) is 53.4 Å². The molecular formula is C20H25NO4S. The van der Waals surface area contributed by atoms with Crippen LogP contribution in [0.2, 0.25) is 0 Å². The average molecular weight is 375 g/mol. The zero-order chi connectivity index (χ0) is 19.3. The quantitative estimate of drug-likeness (QED) is 0.753. The van der Waals surface area contributed by atoms with Gasteiger partial charge in [-0.3, -0.25) is 4.79 Å². The second-order valence-electron chi connectivity index (χ2n) is 6.68. The van der Waals surface area contributed by atoms with Crippen LogP contribution in [0.1, 0.15) is 30.5 Å². The molecule has 5 nitrogen and oxygen atoms in total. The van der Waals surface area contributed by atoms with Gasteiger partial charge in [-0.15, -0.1) is 0 Å². The van der Waals surface area contributed by atoms with Crippen LogP contribution in [-0.4, -0.2) is 20.4 Å². The smallest absolute Gasteiger partial charge is 0.324 e. The Labute approximate surface area is 155 Å². The van der Waals surface area contributed by atoms with E-state index in [-0.39, 0.29) is 17.4 Å². The molecule has 0 unspecified atom stereocenters. The molecule has 0 heterocycles. The summed E-state index contributed by atoms with van der Waals surface area (Å²) in [5.74, 6) is -0.837. The molecule has 2 aromatic rings. The first-order valence-corrected chi connectivity index (χ1v) is 9.99. The molecule has 0 aliphatic carbocycles. The van der Waals surface area contributed by atoms with E-state index in [1.807, 2.05) is 44.2 Å². The van der Waals surface area contributed by atoms with Gasteiger partial charge in [-0.05, 0) is 48.6 Å². The first-order valence-electron chi connectivity index (χ1n) is 8.51. The van der Waals surface area contributed by atoms with E-state index in [2.05, 4.69) is 4.72 Å². The lowest BCUT2D eigenvalue weighted by Crippen LogP contribution is -2.45. The number of nitrogens with one attached hydrogen (secondary N) is 1. The summed E-state index contributed by atoms with van der Waals surface area (Å²) < 4.78 is 33.1. The molecule has 0 aliphatic heterocycles. The lowest BCUT2D eigenvalue weighted by molar-refractivity contribution is -0.148. The van der Waals surface area contributed by atoms with Gasteiger partial charge in [-0.1, -0.05) is 50.2 Å². The molecule has 0 spiro atoms. The van der Waals surface area contributed by atoms with Gasteiger partial charge in [0, 0.05) is 0 Å². The van der Waals surface area contributed by atoms with Crippen molar-refractivity contribution in [2.45, 2.75) is 45.2 Å². The van der Waals surface area contributed by atoms with E-state index in [4.69, 9.17) is 4.74 Å². The minimum Gasteiger partial charge on any atom is -0.460 e. The van der Waals surface area contributed by atoms with Crippen molar-refractivity contribution in [3.63, 3.8) is 0 Å². The highest BCUT2D eigenvalue weighted by atomic mass is 32.2. The van der Waals surface area contributed by atoms with Crippen molar-refractivity contribution in [2.75, 3.05) is 0 Å². The topological polar surface area (TPSA) is 72.5 Å². The van der Waals surface area contributed by atoms with Crippen LogP contribution in [0, 0.1) is 19.8 Å². The molecule has 0 aromatic heterocycles. The van der Waals surface area contributed by atoms with Crippen molar-refractivity contribution in [3.8, 4) is 0 Å². The predicted molar refractivity (Wildman–Crippen MR) is 101 cm³/mol. The van der Waals surface area contributed by atoms with Gasteiger partial charge in [0.15, 0.2) is 0 Å². The minimum absolute atomic E-state index is 0.105. The molecule has 0 saturated heterocycles. The van der Waals surface area contributed by atoms with Gasteiger partial charge in [0.05, 0.1) is 4.90 Å². The largest absolute Gasteiger partial charge is 0.460 e. The number of ether oxygens (including phenoxy) is 1. The van der Waals surface area contributed by atoms with Crippen molar-refractivity contribution in [3.05, 3.63) is 65.2 Å². The lowest BCUT2D eigenvalue weighted by atomic mass is 10.1. The molecule has 2 aromatic carbocycles. The molecular weight excluding hydrogens is 350 g/mol. The number of sulfonamides is 1. The highest BCUT2D eigenvalue weighted by Crippen LogP contribution is 2.17. The van der Waals surface area contributed by atoms with Crippen LogP contribution >= 0.6 is 0 Å². The number of carbonyl (C=O) groups is 1. The van der Waals surface area contributed by atoms with Gasteiger partial charge in [0.1, 0.15) is 12.6 Å². The van der Waals surface area contributed by atoms with Gasteiger partial charge in [-0.25, -0.2) is 8.42 Å². The highest BCUT2D eigenvalue weighted by Gasteiger charge is 2.29. The summed E-state index contributed by atoms with van der Waals surface area (Å²) >= 11 is 0. The highest BCUT2D eigenvalue weighted by molar-refractivity contribution is 7.89. The van der Waals surface area contributed by atoms with Gasteiger partial charge in [0.25, 0.3) is 0 Å². The fourth-order valence-corrected chi connectivity index (χ4v) is 3.81. The number of esters is 1. The maximum absolute atomic E-state index is 12.7. The third-order valence-electron chi connectivity index (χ3n) is 4.22. The second-order valence-corrected chi connectivity index (χ2v) is 8.40. The number of hydrogen-bond donors (Lipinski definition) is 1. The molecule has 0 saturated carbocycles. The first-order chi connectivity index (χ1) is 12.2. The fraction of sp³-hybridized carbons (Fsp3) is 0.350. The molecule has 0 aliphatic rings. The average Bonchev–Trinajstić information content (AvgIpc) is 2.60. The zero-order valence-electron chi connectivity index (χ0n) is 15.5. The SMILES string of the molecule is Cc1ccc(S(=O)(=O)N[C@H](C(=O)OCc2ccccc2)C(C)C)cc1C. The van der Waals surface area contributed by atoms with Crippen LogP contribution in [0.4, 0.5) is 0 Å². The summed E-state index contributed by atoms with van der Waals surface area (Å²) in [6, 6.07) is 13.2. The van der Waals surface area contributed by atoms with Gasteiger partial charge in [0.2, 0.25) is 10.0 Å². The monoisotopic (exact) mass is 375 g/mol. The van der Waals surface area contributed by atoms with Gasteiger partial charge < -0.3 is 4.74 Å². The summed E-state index contributed by atoms with van der Waals surface area (Å²) in [6.07, 6.45) is 0. The second kappa shape index (κ2) is 8.47. The molecule has 0 radical (unpaired) electrons. The Hall–Kier alpha value is -2.18. The summed E-state index contributed by atoms with van der Waals surface area (Å²) in [7, 11) is -3.82. The molecule has 2 rings (SSSR count). The summed E-state index contributed by atoms with van der Waals surface area (Å²) in [5, 5.41) is 0. The number of benzene rings is 2. The van der Waals surface area contributed by atoms with Crippen LogP contribution in [0.25, 0.3) is 0 Å². The Balaban J connectivity index is 2.13. The van der Waals surface area contributed by atoms with Crippen LogP contribution in [0.3, 0.4) is 0 Å². The molecule has 140 valence electrons. The van der Waals surface area contributed by atoms with Crippen molar-refractivity contribution in [2.24, 2.45) is 5.92 Å². The number of carbonyl (C=O) groups excluding carboxylic acids is 1. The summed E-state index contributed by atoms with van der Waals surface area (Å²) in [4.78, 5) is 12.6. The van der Waals surface area contributed by atoms with Crippen LogP contribution < -0.4 is 4.72 Å². The Morgan fingerprint density at radius 2 is 1.69 bits per heavy atom. The van der Waals surface area contributed by atoms with Gasteiger partial charge in [-0.2, -0.15) is 4.72 Å². The van der Waals surface area contributed by atoms with E-state index in [9.17, 15) is 13.2 Å². The maximum atomic E-state index is 12.7. The lowest BCUT2D eigenvalue weighted by Gasteiger charge is -2.21. The third kappa shape index (κ3) is 5.16. The number of hydrogen-bond acceptors (Lipinski definition) is 4. The standard InChI is InChI=1S/C20H25NO4S/c1-14(2)19(20(22)25-13-17-8-6-5-7-9-17)21-26(23,24)18-11-10-15(3)16(4)12-18/h5-12,14,19,21H,13H2,1-4H3/t19-/m0/s1. The van der Waals surface area contributed by atoms with Crippen molar-refractivity contribution < 1.29 is 17.9 Å². The number of aryl methyl sites for hydroxylation is 2. The van der Waals surface area contributed by atoms with E-state index < -0.39 is 22.0 Å². The Bertz CT molecular complexity index is 861. The summed E-state index contributed by atoms with van der Waals surface area (Å²) in [6.45, 7) is 7.42. The number of rotatable bonds is 7.